The van der Waals surface area contributed by atoms with Crippen molar-refractivity contribution in [3.8, 4) is 0 Å². The second kappa shape index (κ2) is 5.32. The summed E-state index contributed by atoms with van der Waals surface area (Å²) in [6.07, 6.45) is 3.54. The van der Waals surface area contributed by atoms with Crippen molar-refractivity contribution in [2.45, 2.75) is 46.1 Å². The second-order valence-electron chi connectivity index (χ2n) is 5.47. The van der Waals surface area contributed by atoms with Gasteiger partial charge in [0.2, 0.25) is 0 Å². The maximum Gasteiger partial charge on any atom is 0.0294 e. The van der Waals surface area contributed by atoms with Crippen molar-refractivity contribution in [2.75, 3.05) is 0 Å². The molecule has 2 N–H and O–H groups in total. The van der Waals surface area contributed by atoms with Crippen LogP contribution in [0.1, 0.15) is 51.6 Å². The zero-order valence-electron chi connectivity index (χ0n) is 10.2. The Hall–Kier alpha value is -0.820. The van der Waals surface area contributed by atoms with E-state index in [1.54, 1.807) is 0 Å². The molecule has 0 aliphatic heterocycles. The van der Waals surface area contributed by atoms with Gasteiger partial charge >= 0.3 is 0 Å². The fourth-order valence-electron chi connectivity index (χ4n) is 1.72. The molecule has 0 radical (unpaired) electrons. The van der Waals surface area contributed by atoms with Crippen LogP contribution in [0.2, 0.25) is 0 Å². The van der Waals surface area contributed by atoms with E-state index in [0.717, 1.165) is 6.42 Å². The highest BCUT2D eigenvalue weighted by Crippen LogP contribution is 2.24. The molecule has 0 fully saturated rings. The zero-order valence-corrected chi connectivity index (χ0v) is 10.2. The molecule has 0 bridgehead atoms. The minimum absolute atomic E-state index is 0.202. The number of hydrogen-bond donors (Lipinski definition) is 1. The van der Waals surface area contributed by atoms with Gasteiger partial charge in [-0.05, 0) is 23.8 Å². The SMILES string of the molecule is CC(C)(C)CCCC(N)c1ccccc1. The first-order valence-electron chi connectivity index (χ1n) is 5.79. The highest BCUT2D eigenvalue weighted by atomic mass is 14.6. The summed E-state index contributed by atoms with van der Waals surface area (Å²) in [5, 5.41) is 0. The van der Waals surface area contributed by atoms with Crippen molar-refractivity contribution < 1.29 is 0 Å². The summed E-state index contributed by atoms with van der Waals surface area (Å²) < 4.78 is 0. The van der Waals surface area contributed by atoms with Crippen LogP contribution >= 0.6 is 0 Å². The first kappa shape index (κ1) is 12.3. The van der Waals surface area contributed by atoms with E-state index < -0.39 is 0 Å². The fraction of sp³-hybridized carbons (Fsp3) is 0.571. The lowest BCUT2D eigenvalue weighted by Gasteiger charge is -2.19. The Bertz CT molecular complexity index is 271. The van der Waals surface area contributed by atoms with Gasteiger partial charge in [0.15, 0.2) is 0 Å². The van der Waals surface area contributed by atoms with Gasteiger partial charge in [-0.25, -0.2) is 0 Å². The molecule has 0 heterocycles. The van der Waals surface area contributed by atoms with E-state index in [1.807, 2.05) is 6.07 Å². The van der Waals surface area contributed by atoms with Crippen molar-refractivity contribution in [3.63, 3.8) is 0 Å². The van der Waals surface area contributed by atoms with Crippen molar-refractivity contribution in [1.82, 2.24) is 0 Å². The molecule has 1 aromatic rings. The fourth-order valence-corrected chi connectivity index (χ4v) is 1.72. The standard InChI is InChI=1S/C14H23N/c1-14(2,3)11-7-10-13(15)12-8-5-4-6-9-12/h4-6,8-9,13H,7,10-11,15H2,1-3H3. The largest absolute Gasteiger partial charge is 0.324 e. The van der Waals surface area contributed by atoms with Gasteiger partial charge in [0.1, 0.15) is 0 Å². The quantitative estimate of drug-likeness (QED) is 0.792. The number of nitrogens with two attached hydrogens (primary N) is 1. The molecule has 0 aliphatic rings. The van der Waals surface area contributed by atoms with Gasteiger partial charge < -0.3 is 5.73 Å². The molecule has 0 aliphatic carbocycles. The van der Waals surface area contributed by atoms with Gasteiger partial charge in [-0.2, -0.15) is 0 Å². The molecular formula is C14H23N. The smallest absolute Gasteiger partial charge is 0.0294 e. The van der Waals surface area contributed by atoms with E-state index in [9.17, 15) is 0 Å². The number of benzene rings is 1. The number of hydrogen-bond acceptors (Lipinski definition) is 1. The van der Waals surface area contributed by atoms with Crippen LogP contribution in [0.3, 0.4) is 0 Å². The zero-order chi connectivity index (χ0) is 11.3. The number of rotatable bonds is 4. The topological polar surface area (TPSA) is 26.0 Å². The van der Waals surface area contributed by atoms with Gasteiger partial charge in [0.25, 0.3) is 0 Å². The maximum atomic E-state index is 6.12. The summed E-state index contributed by atoms with van der Waals surface area (Å²) in [4.78, 5) is 0. The maximum absolute atomic E-state index is 6.12. The summed E-state index contributed by atoms with van der Waals surface area (Å²) >= 11 is 0. The van der Waals surface area contributed by atoms with Gasteiger partial charge in [-0.3, -0.25) is 0 Å². The van der Waals surface area contributed by atoms with E-state index >= 15 is 0 Å². The van der Waals surface area contributed by atoms with Crippen LogP contribution in [0.5, 0.6) is 0 Å². The Balaban J connectivity index is 2.34. The second-order valence-corrected chi connectivity index (χ2v) is 5.47. The van der Waals surface area contributed by atoms with Gasteiger partial charge in [-0.1, -0.05) is 57.5 Å². The summed E-state index contributed by atoms with van der Waals surface area (Å²) in [5.74, 6) is 0. The Morgan fingerprint density at radius 3 is 2.27 bits per heavy atom. The molecular weight excluding hydrogens is 182 g/mol. The van der Waals surface area contributed by atoms with E-state index in [0.29, 0.717) is 5.41 Å². The van der Waals surface area contributed by atoms with Crippen LogP contribution in [-0.4, -0.2) is 0 Å². The normalized spacial score (nSPS) is 13.9. The van der Waals surface area contributed by atoms with Crippen LogP contribution in [-0.2, 0) is 0 Å². The van der Waals surface area contributed by atoms with Gasteiger partial charge in [0, 0.05) is 6.04 Å². The highest BCUT2D eigenvalue weighted by molar-refractivity contribution is 5.18. The predicted molar refractivity (Wildman–Crippen MR) is 66.7 cm³/mol. The first-order chi connectivity index (χ1) is 6.99. The molecule has 1 unspecified atom stereocenters. The van der Waals surface area contributed by atoms with Crippen molar-refractivity contribution in [1.29, 1.82) is 0 Å². The van der Waals surface area contributed by atoms with E-state index in [-0.39, 0.29) is 6.04 Å². The molecule has 0 aromatic heterocycles. The predicted octanol–water partition coefficient (Wildman–Crippen LogP) is 3.90. The Labute approximate surface area is 93.7 Å². The summed E-state index contributed by atoms with van der Waals surface area (Å²) in [5.41, 5.74) is 7.81. The molecule has 1 heteroatoms. The molecule has 1 nitrogen and oxygen atoms in total. The molecule has 0 saturated heterocycles. The van der Waals surface area contributed by atoms with Crippen molar-refractivity contribution in [2.24, 2.45) is 11.1 Å². The molecule has 1 aromatic carbocycles. The van der Waals surface area contributed by atoms with Gasteiger partial charge in [0.05, 0.1) is 0 Å². The lowest BCUT2D eigenvalue weighted by molar-refractivity contribution is 0.353. The Kier molecular flexibility index (Phi) is 4.34. The average Bonchev–Trinajstić information content (AvgIpc) is 2.17. The molecule has 0 saturated carbocycles. The van der Waals surface area contributed by atoms with Crippen LogP contribution in [0.15, 0.2) is 30.3 Å². The van der Waals surface area contributed by atoms with Crippen LogP contribution < -0.4 is 5.73 Å². The summed E-state index contributed by atoms with van der Waals surface area (Å²) in [6, 6.07) is 10.6. The Morgan fingerprint density at radius 2 is 1.73 bits per heavy atom. The Morgan fingerprint density at radius 1 is 1.13 bits per heavy atom. The third kappa shape index (κ3) is 4.98. The minimum Gasteiger partial charge on any atom is -0.324 e. The molecule has 1 atom stereocenters. The molecule has 15 heavy (non-hydrogen) atoms. The molecule has 0 amide bonds. The van der Waals surface area contributed by atoms with E-state index in [1.165, 1.54) is 18.4 Å². The van der Waals surface area contributed by atoms with Crippen LogP contribution in [0.4, 0.5) is 0 Å². The lowest BCUT2D eigenvalue weighted by atomic mass is 9.88. The van der Waals surface area contributed by atoms with Crippen LogP contribution in [0, 0.1) is 5.41 Å². The monoisotopic (exact) mass is 205 g/mol. The van der Waals surface area contributed by atoms with Crippen LogP contribution in [0.25, 0.3) is 0 Å². The third-order valence-electron chi connectivity index (χ3n) is 2.67. The third-order valence-corrected chi connectivity index (χ3v) is 2.67. The first-order valence-corrected chi connectivity index (χ1v) is 5.79. The molecule has 84 valence electrons. The molecule has 1 rings (SSSR count). The average molecular weight is 205 g/mol. The van der Waals surface area contributed by atoms with Gasteiger partial charge in [-0.15, -0.1) is 0 Å². The van der Waals surface area contributed by atoms with Crippen molar-refractivity contribution in [3.05, 3.63) is 35.9 Å². The lowest BCUT2D eigenvalue weighted by Crippen LogP contribution is -2.12. The van der Waals surface area contributed by atoms with E-state index in [4.69, 9.17) is 5.73 Å². The summed E-state index contributed by atoms with van der Waals surface area (Å²) in [7, 11) is 0. The minimum atomic E-state index is 0.202. The van der Waals surface area contributed by atoms with Crippen molar-refractivity contribution >= 4 is 0 Å². The molecule has 0 spiro atoms. The highest BCUT2D eigenvalue weighted by Gasteiger charge is 2.11. The summed E-state index contributed by atoms with van der Waals surface area (Å²) in [6.45, 7) is 6.84. The van der Waals surface area contributed by atoms with E-state index in [2.05, 4.69) is 45.0 Å².